The second kappa shape index (κ2) is 6.42. The van der Waals surface area contributed by atoms with Crippen molar-refractivity contribution in [2.75, 3.05) is 5.32 Å². The van der Waals surface area contributed by atoms with E-state index in [0.717, 1.165) is 17.0 Å². The topological polar surface area (TPSA) is 88.0 Å². The van der Waals surface area contributed by atoms with Crippen molar-refractivity contribution in [3.05, 3.63) is 33.4 Å². The number of carboxylic acid groups (broad SMARTS) is 1. The van der Waals surface area contributed by atoms with Crippen LogP contribution in [0.1, 0.15) is 41.2 Å². The van der Waals surface area contributed by atoms with Crippen LogP contribution in [0.4, 0.5) is 5.82 Å². The number of carboxylic acids is 1. The fraction of sp³-hybridized carbons (Fsp3) is 0.385. The molecule has 2 aromatic rings. The fourth-order valence-corrected chi connectivity index (χ4v) is 2.58. The monoisotopic (exact) mass is 292 g/mol. The molecule has 6 nitrogen and oxygen atoms in total. The molecule has 7 heteroatoms. The van der Waals surface area contributed by atoms with Gasteiger partial charge in [0.2, 0.25) is 0 Å². The minimum absolute atomic E-state index is 0.217. The molecule has 0 aliphatic carbocycles. The molecule has 0 aliphatic heterocycles. The Morgan fingerprint density at radius 2 is 2.15 bits per heavy atom. The van der Waals surface area contributed by atoms with E-state index in [1.807, 2.05) is 19.2 Å². The summed E-state index contributed by atoms with van der Waals surface area (Å²) in [5, 5.41) is 22.5. The maximum Gasteiger partial charge on any atom is 0.339 e. The van der Waals surface area contributed by atoms with Gasteiger partial charge in [0.1, 0.15) is 5.56 Å². The fourth-order valence-electron chi connectivity index (χ4n) is 2.03. The normalized spacial score (nSPS) is 10.5. The first-order valence-corrected chi connectivity index (χ1v) is 7.34. The highest BCUT2D eigenvalue weighted by atomic mass is 32.1. The Labute approximate surface area is 120 Å². The maximum atomic E-state index is 11.5. The summed E-state index contributed by atoms with van der Waals surface area (Å²) >= 11 is 1.50. The Kier molecular flexibility index (Phi) is 4.62. The first kappa shape index (κ1) is 14.4. The van der Waals surface area contributed by atoms with Gasteiger partial charge in [-0.2, -0.15) is 5.10 Å². The molecule has 106 valence electrons. The number of hydrogen-bond acceptors (Lipinski definition) is 6. The van der Waals surface area contributed by atoms with Crippen LogP contribution in [-0.2, 0) is 19.4 Å². The summed E-state index contributed by atoms with van der Waals surface area (Å²) in [5.74, 6) is -0.674. The summed E-state index contributed by atoms with van der Waals surface area (Å²) in [6.07, 6.45) is 1.29. The molecular formula is C13H16N4O2S. The molecule has 2 aromatic heterocycles. The Hall–Kier alpha value is -2.02. The molecule has 2 heterocycles. The summed E-state index contributed by atoms with van der Waals surface area (Å²) in [5.41, 5.74) is 4.29. The Bertz CT molecular complexity index is 599. The second-order valence-corrected chi connectivity index (χ2v) is 4.91. The number of thiazole rings is 1. The smallest absolute Gasteiger partial charge is 0.339 e. The number of nitrogens with zero attached hydrogens (tertiary/aromatic N) is 3. The molecule has 0 fully saturated rings. The minimum atomic E-state index is -0.979. The molecule has 0 radical (unpaired) electrons. The van der Waals surface area contributed by atoms with Crippen molar-refractivity contribution < 1.29 is 9.90 Å². The lowest BCUT2D eigenvalue weighted by Gasteiger charge is -2.13. The van der Waals surface area contributed by atoms with Crippen molar-refractivity contribution in [1.82, 2.24) is 15.2 Å². The Balaban J connectivity index is 2.34. The van der Waals surface area contributed by atoms with E-state index in [1.54, 1.807) is 5.51 Å². The number of nitrogens with one attached hydrogen (secondary N) is 1. The van der Waals surface area contributed by atoms with Crippen LogP contribution in [0.25, 0.3) is 0 Å². The SMILES string of the molecule is CCc1nnc(NCc2cscn2)c(C(=O)O)c1CC. The summed E-state index contributed by atoms with van der Waals surface area (Å²) in [6.45, 7) is 4.30. The molecule has 2 rings (SSSR count). The molecule has 0 unspecified atom stereocenters. The van der Waals surface area contributed by atoms with Crippen LogP contribution in [0, 0.1) is 0 Å². The van der Waals surface area contributed by atoms with Gasteiger partial charge in [-0.25, -0.2) is 9.78 Å². The Morgan fingerprint density at radius 1 is 1.35 bits per heavy atom. The van der Waals surface area contributed by atoms with E-state index in [1.165, 1.54) is 11.3 Å². The highest BCUT2D eigenvalue weighted by molar-refractivity contribution is 7.07. The molecule has 0 saturated carbocycles. The zero-order valence-electron chi connectivity index (χ0n) is 11.4. The van der Waals surface area contributed by atoms with E-state index in [0.29, 0.717) is 25.2 Å². The van der Waals surface area contributed by atoms with Crippen molar-refractivity contribution in [3.8, 4) is 0 Å². The van der Waals surface area contributed by atoms with Crippen molar-refractivity contribution >= 4 is 23.1 Å². The van der Waals surface area contributed by atoms with Gasteiger partial charge in [0.05, 0.1) is 23.4 Å². The summed E-state index contributed by atoms with van der Waals surface area (Å²) in [6, 6.07) is 0. The lowest BCUT2D eigenvalue weighted by Crippen LogP contribution is -2.15. The molecule has 2 N–H and O–H groups in total. The number of anilines is 1. The number of rotatable bonds is 6. The van der Waals surface area contributed by atoms with E-state index in [2.05, 4.69) is 20.5 Å². The van der Waals surface area contributed by atoms with Gasteiger partial charge in [-0.1, -0.05) is 13.8 Å². The molecule has 0 amide bonds. The van der Waals surface area contributed by atoms with Crippen LogP contribution in [-0.4, -0.2) is 26.3 Å². The summed E-state index contributed by atoms with van der Waals surface area (Å²) < 4.78 is 0. The number of aromatic nitrogens is 3. The van der Waals surface area contributed by atoms with Crippen molar-refractivity contribution in [2.24, 2.45) is 0 Å². The standard InChI is InChI=1S/C13H16N4O2S/c1-3-9-10(4-2)16-17-12(11(9)13(18)19)14-5-8-6-20-7-15-8/h6-7H,3-5H2,1-2H3,(H,14,17)(H,18,19). The van der Waals surface area contributed by atoms with Gasteiger partial charge >= 0.3 is 5.97 Å². The summed E-state index contributed by atoms with van der Waals surface area (Å²) in [4.78, 5) is 15.7. The number of aromatic carboxylic acids is 1. The third-order valence-corrected chi connectivity index (χ3v) is 3.62. The van der Waals surface area contributed by atoms with E-state index in [-0.39, 0.29) is 5.56 Å². The van der Waals surface area contributed by atoms with Crippen molar-refractivity contribution in [1.29, 1.82) is 0 Å². The molecule has 0 saturated heterocycles. The van der Waals surface area contributed by atoms with Crippen LogP contribution >= 0.6 is 11.3 Å². The minimum Gasteiger partial charge on any atom is -0.478 e. The van der Waals surface area contributed by atoms with Crippen LogP contribution in [0.3, 0.4) is 0 Å². The molecule has 0 atom stereocenters. The van der Waals surface area contributed by atoms with E-state index in [4.69, 9.17) is 0 Å². The number of hydrogen-bond donors (Lipinski definition) is 2. The van der Waals surface area contributed by atoms with E-state index >= 15 is 0 Å². The number of aryl methyl sites for hydroxylation is 1. The van der Waals surface area contributed by atoms with Gasteiger partial charge in [-0.05, 0) is 18.4 Å². The molecule has 0 spiro atoms. The average Bonchev–Trinajstić information content (AvgIpc) is 2.96. The van der Waals surface area contributed by atoms with E-state index in [9.17, 15) is 9.90 Å². The van der Waals surface area contributed by atoms with Gasteiger partial charge in [0.25, 0.3) is 0 Å². The first-order chi connectivity index (χ1) is 9.67. The quantitative estimate of drug-likeness (QED) is 0.849. The van der Waals surface area contributed by atoms with Crippen LogP contribution in [0.2, 0.25) is 0 Å². The Morgan fingerprint density at radius 3 is 2.70 bits per heavy atom. The van der Waals surface area contributed by atoms with E-state index < -0.39 is 5.97 Å². The van der Waals surface area contributed by atoms with Crippen molar-refractivity contribution in [2.45, 2.75) is 33.2 Å². The van der Waals surface area contributed by atoms with Gasteiger partial charge in [0, 0.05) is 5.38 Å². The summed E-state index contributed by atoms with van der Waals surface area (Å²) in [7, 11) is 0. The van der Waals surface area contributed by atoms with Crippen molar-refractivity contribution in [3.63, 3.8) is 0 Å². The first-order valence-electron chi connectivity index (χ1n) is 6.40. The maximum absolute atomic E-state index is 11.5. The third kappa shape index (κ3) is 2.93. The van der Waals surface area contributed by atoms with Gasteiger partial charge in [0.15, 0.2) is 5.82 Å². The molecule has 0 aliphatic rings. The third-order valence-electron chi connectivity index (χ3n) is 2.98. The lowest BCUT2D eigenvalue weighted by molar-refractivity contribution is 0.0696. The highest BCUT2D eigenvalue weighted by Crippen LogP contribution is 2.21. The van der Waals surface area contributed by atoms with Gasteiger partial charge in [-0.3, -0.25) is 0 Å². The molecular weight excluding hydrogens is 276 g/mol. The molecule has 0 bridgehead atoms. The molecule has 20 heavy (non-hydrogen) atoms. The largest absolute Gasteiger partial charge is 0.478 e. The van der Waals surface area contributed by atoms with Crippen LogP contribution in [0.5, 0.6) is 0 Å². The predicted octanol–water partition coefficient (Wildman–Crippen LogP) is 2.37. The highest BCUT2D eigenvalue weighted by Gasteiger charge is 2.20. The van der Waals surface area contributed by atoms with Gasteiger partial charge < -0.3 is 10.4 Å². The zero-order valence-corrected chi connectivity index (χ0v) is 12.2. The lowest BCUT2D eigenvalue weighted by atomic mass is 10.0. The average molecular weight is 292 g/mol. The van der Waals surface area contributed by atoms with Crippen LogP contribution < -0.4 is 5.32 Å². The predicted molar refractivity (Wildman–Crippen MR) is 77.2 cm³/mol. The second-order valence-electron chi connectivity index (χ2n) is 4.19. The van der Waals surface area contributed by atoms with Crippen LogP contribution in [0.15, 0.2) is 10.9 Å². The number of carbonyl (C=O) groups is 1. The zero-order chi connectivity index (χ0) is 14.5. The van der Waals surface area contributed by atoms with Gasteiger partial charge in [-0.15, -0.1) is 16.4 Å². The molecule has 0 aromatic carbocycles.